The molecule has 33 heavy (non-hydrogen) atoms. The van der Waals surface area contributed by atoms with Crippen LogP contribution in [-0.4, -0.2) is 67.0 Å². The molecule has 0 spiro atoms. The van der Waals surface area contributed by atoms with Crippen molar-refractivity contribution in [2.24, 2.45) is 11.8 Å². The van der Waals surface area contributed by atoms with Crippen molar-refractivity contribution in [3.63, 3.8) is 0 Å². The molecule has 1 aromatic rings. The first kappa shape index (κ1) is 22.7. The number of amides is 2. The first-order valence-corrected chi connectivity index (χ1v) is 12.9. The second-order valence-electron chi connectivity index (χ2n) is 10.8. The lowest BCUT2D eigenvalue weighted by Crippen LogP contribution is -2.60. The van der Waals surface area contributed by atoms with Crippen LogP contribution in [0.3, 0.4) is 0 Å². The third kappa shape index (κ3) is 4.16. The molecule has 6 heteroatoms. The zero-order valence-corrected chi connectivity index (χ0v) is 20.4. The van der Waals surface area contributed by atoms with E-state index >= 15 is 0 Å². The Labute approximate surface area is 198 Å². The van der Waals surface area contributed by atoms with Gasteiger partial charge >= 0.3 is 0 Å². The van der Waals surface area contributed by atoms with Gasteiger partial charge in [0.25, 0.3) is 0 Å². The summed E-state index contributed by atoms with van der Waals surface area (Å²) in [6.45, 7) is 7.72. The number of hydrogen-bond acceptors (Lipinski definition) is 4. The summed E-state index contributed by atoms with van der Waals surface area (Å²) in [7, 11) is 1.74. The van der Waals surface area contributed by atoms with Crippen molar-refractivity contribution in [3.8, 4) is 5.75 Å². The van der Waals surface area contributed by atoms with E-state index in [-0.39, 0.29) is 23.3 Å². The van der Waals surface area contributed by atoms with Gasteiger partial charge < -0.3 is 15.0 Å². The molecule has 2 bridgehead atoms. The van der Waals surface area contributed by atoms with E-state index in [4.69, 9.17) is 4.74 Å². The lowest BCUT2D eigenvalue weighted by molar-refractivity contribution is -0.136. The summed E-state index contributed by atoms with van der Waals surface area (Å²) in [6.07, 6.45) is 7.62. The number of methoxy groups -OCH3 is 1. The highest BCUT2D eigenvalue weighted by Crippen LogP contribution is 2.52. The Hall–Kier alpha value is -2.08. The monoisotopic (exact) mass is 453 g/mol. The standard InChI is InChI=1S/C27H39N3O3/c1-18-25-15-21-8-9-22(33-3)16-23(21)27(18,11-14-29(25)17-20-6-7-20)10-12-28-26(32)24-5-4-13-30(24)19(2)31/h8-9,16,18,20,24-25H,4-7,10-15,17H2,1-3H3,(H,28,32)/t18-,24-,25+,27-/m0/s1. The minimum absolute atomic E-state index is 0.000884. The van der Waals surface area contributed by atoms with Crippen molar-refractivity contribution < 1.29 is 14.3 Å². The molecule has 180 valence electrons. The van der Waals surface area contributed by atoms with E-state index in [0.29, 0.717) is 25.0 Å². The summed E-state index contributed by atoms with van der Waals surface area (Å²) in [5.74, 6) is 2.36. The van der Waals surface area contributed by atoms with Gasteiger partial charge in [-0.15, -0.1) is 0 Å². The van der Waals surface area contributed by atoms with Crippen molar-refractivity contribution in [2.75, 3.05) is 33.3 Å². The van der Waals surface area contributed by atoms with Crippen LogP contribution in [0.2, 0.25) is 0 Å². The molecule has 0 radical (unpaired) electrons. The lowest BCUT2D eigenvalue weighted by atomic mass is 9.56. The molecule has 2 saturated heterocycles. The maximum Gasteiger partial charge on any atom is 0.242 e. The Morgan fingerprint density at radius 1 is 1.21 bits per heavy atom. The van der Waals surface area contributed by atoms with Gasteiger partial charge in [0.15, 0.2) is 0 Å². The minimum Gasteiger partial charge on any atom is -0.497 e. The number of carbonyl (C=O) groups is 2. The number of ether oxygens (including phenoxy) is 1. The molecule has 1 saturated carbocycles. The van der Waals surface area contributed by atoms with Crippen LogP contribution in [0.15, 0.2) is 18.2 Å². The van der Waals surface area contributed by atoms with E-state index in [0.717, 1.165) is 50.3 Å². The lowest BCUT2D eigenvalue weighted by Gasteiger charge is -2.56. The molecular weight excluding hydrogens is 414 g/mol. The molecule has 2 aliphatic carbocycles. The van der Waals surface area contributed by atoms with Crippen LogP contribution in [0.4, 0.5) is 0 Å². The molecule has 5 rings (SSSR count). The Kier molecular flexibility index (Phi) is 6.15. The SMILES string of the molecule is COc1ccc2c(c1)[C@@]1(CCNC(=O)[C@@H]3CCCN3C(C)=O)CCN(CC3CC3)[C@H](C2)[C@@H]1C. The van der Waals surface area contributed by atoms with Crippen LogP contribution in [0, 0.1) is 11.8 Å². The van der Waals surface area contributed by atoms with Crippen molar-refractivity contribution in [1.29, 1.82) is 0 Å². The van der Waals surface area contributed by atoms with Crippen LogP contribution in [-0.2, 0) is 21.4 Å². The van der Waals surface area contributed by atoms with Crippen LogP contribution in [0.1, 0.15) is 63.5 Å². The summed E-state index contributed by atoms with van der Waals surface area (Å²) in [5, 5.41) is 3.21. The second-order valence-corrected chi connectivity index (χ2v) is 10.8. The summed E-state index contributed by atoms with van der Waals surface area (Å²) in [4.78, 5) is 29.3. The second kappa shape index (κ2) is 8.94. The number of nitrogens with zero attached hydrogens (tertiary/aromatic N) is 2. The number of rotatable bonds is 7. The van der Waals surface area contributed by atoms with Crippen molar-refractivity contribution in [3.05, 3.63) is 29.3 Å². The van der Waals surface area contributed by atoms with E-state index in [9.17, 15) is 9.59 Å². The van der Waals surface area contributed by atoms with Crippen LogP contribution in [0.25, 0.3) is 0 Å². The minimum atomic E-state index is -0.302. The number of fused-ring (bicyclic) bond motifs is 4. The topological polar surface area (TPSA) is 61.9 Å². The van der Waals surface area contributed by atoms with Crippen LogP contribution in [0.5, 0.6) is 5.75 Å². The largest absolute Gasteiger partial charge is 0.497 e. The average Bonchev–Trinajstić information content (AvgIpc) is 3.47. The van der Waals surface area contributed by atoms with Gasteiger partial charge in [0, 0.05) is 38.0 Å². The molecule has 2 heterocycles. The van der Waals surface area contributed by atoms with E-state index in [1.807, 2.05) is 0 Å². The maximum absolute atomic E-state index is 12.9. The number of piperidine rings is 1. The number of nitrogens with one attached hydrogen (secondary N) is 1. The molecule has 0 unspecified atom stereocenters. The Morgan fingerprint density at radius 3 is 2.76 bits per heavy atom. The van der Waals surface area contributed by atoms with Gasteiger partial charge in [-0.3, -0.25) is 14.5 Å². The molecule has 0 aromatic heterocycles. The Bertz CT molecular complexity index is 914. The normalized spacial score (nSPS) is 31.2. The molecule has 4 aliphatic rings. The molecular formula is C27H39N3O3. The fourth-order valence-electron chi connectivity index (χ4n) is 6.95. The predicted molar refractivity (Wildman–Crippen MR) is 128 cm³/mol. The molecule has 1 aromatic carbocycles. The van der Waals surface area contributed by atoms with Gasteiger partial charge in [-0.2, -0.15) is 0 Å². The number of likely N-dealkylation sites (tertiary alicyclic amines) is 2. The Balaban J connectivity index is 1.35. The Morgan fingerprint density at radius 2 is 2.03 bits per heavy atom. The average molecular weight is 454 g/mol. The quantitative estimate of drug-likeness (QED) is 0.689. The van der Waals surface area contributed by atoms with Gasteiger partial charge in [-0.25, -0.2) is 0 Å². The maximum atomic E-state index is 12.9. The van der Waals surface area contributed by atoms with Crippen molar-refractivity contribution in [1.82, 2.24) is 15.1 Å². The van der Waals surface area contributed by atoms with Gasteiger partial charge in [-0.1, -0.05) is 13.0 Å². The zero-order valence-electron chi connectivity index (χ0n) is 20.4. The van der Waals surface area contributed by atoms with Gasteiger partial charge in [0.2, 0.25) is 11.8 Å². The fraction of sp³-hybridized carbons (Fsp3) is 0.704. The van der Waals surface area contributed by atoms with Gasteiger partial charge in [-0.05, 0) is 86.6 Å². The smallest absolute Gasteiger partial charge is 0.242 e. The summed E-state index contributed by atoms with van der Waals surface area (Å²) < 4.78 is 5.61. The van der Waals surface area contributed by atoms with Crippen molar-refractivity contribution >= 4 is 11.8 Å². The van der Waals surface area contributed by atoms with E-state index in [1.54, 1.807) is 18.9 Å². The van der Waals surface area contributed by atoms with Crippen LogP contribution >= 0.6 is 0 Å². The first-order valence-electron chi connectivity index (χ1n) is 12.9. The molecule has 2 amide bonds. The van der Waals surface area contributed by atoms with E-state index in [1.165, 1.54) is 30.5 Å². The fourth-order valence-corrected chi connectivity index (χ4v) is 6.95. The predicted octanol–water partition coefficient (Wildman–Crippen LogP) is 3.13. The first-order chi connectivity index (χ1) is 15.9. The molecule has 4 atom stereocenters. The highest BCUT2D eigenvalue weighted by molar-refractivity contribution is 5.87. The summed E-state index contributed by atoms with van der Waals surface area (Å²) in [5.41, 5.74) is 2.93. The molecule has 2 aliphatic heterocycles. The molecule has 3 fully saturated rings. The third-order valence-electron chi connectivity index (χ3n) is 9.07. The number of carbonyl (C=O) groups excluding carboxylic acids is 2. The molecule has 6 nitrogen and oxygen atoms in total. The van der Waals surface area contributed by atoms with E-state index in [2.05, 4.69) is 35.3 Å². The van der Waals surface area contributed by atoms with Crippen LogP contribution < -0.4 is 10.1 Å². The number of benzene rings is 1. The van der Waals surface area contributed by atoms with E-state index < -0.39 is 0 Å². The van der Waals surface area contributed by atoms with Gasteiger partial charge in [0.05, 0.1) is 7.11 Å². The summed E-state index contributed by atoms with van der Waals surface area (Å²) >= 11 is 0. The highest BCUT2D eigenvalue weighted by atomic mass is 16.5. The van der Waals surface area contributed by atoms with Crippen molar-refractivity contribution in [2.45, 2.75) is 76.3 Å². The zero-order chi connectivity index (χ0) is 23.2. The number of hydrogen-bond donors (Lipinski definition) is 1. The highest BCUT2D eigenvalue weighted by Gasteiger charge is 2.51. The third-order valence-corrected chi connectivity index (χ3v) is 9.07. The van der Waals surface area contributed by atoms with Gasteiger partial charge in [0.1, 0.15) is 11.8 Å². The summed E-state index contributed by atoms with van der Waals surface area (Å²) in [6, 6.07) is 6.89. The molecule has 1 N–H and O–H groups in total.